The Morgan fingerprint density at radius 1 is 0.887 bits per heavy atom. The van der Waals surface area contributed by atoms with Crippen LogP contribution < -0.4 is 0 Å². The summed E-state index contributed by atoms with van der Waals surface area (Å²) in [5, 5.41) is 12.3. The van der Waals surface area contributed by atoms with Gasteiger partial charge in [-0.2, -0.15) is 13.2 Å². The van der Waals surface area contributed by atoms with Crippen molar-refractivity contribution in [1.82, 2.24) is 4.98 Å². The maximum atomic E-state index is 11.7. The van der Waals surface area contributed by atoms with E-state index in [0.29, 0.717) is 16.7 Å². The molecule has 2 fully saturated rings. The van der Waals surface area contributed by atoms with Crippen LogP contribution in [0.15, 0.2) is 60.4 Å². The van der Waals surface area contributed by atoms with Crippen LogP contribution in [0, 0.1) is 36.2 Å². The number of carbonyl (C=O) groups is 1. The topological polar surface area (TPSA) is 50.2 Å². The largest absolute Gasteiger partial charge is 0.504 e. The molecule has 0 amide bonds. The predicted molar refractivity (Wildman–Crippen MR) is 209 cm³/mol. The summed E-state index contributed by atoms with van der Waals surface area (Å²) < 4.78 is 35.2. The van der Waals surface area contributed by atoms with Crippen LogP contribution >= 0.6 is 0 Å². The molecule has 2 saturated carbocycles. The Morgan fingerprint density at radius 2 is 1.49 bits per heavy atom. The molecule has 3 aromatic carbocycles. The molecule has 0 atom stereocenters. The van der Waals surface area contributed by atoms with E-state index in [0.717, 1.165) is 16.8 Å². The number of fused-ring (bicyclic) bond motifs is 2. The van der Waals surface area contributed by atoms with E-state index in [4.69, 9.17) is 10.1 Å². The molecule has 53 heavy (non-hydrogen) atoms. The molecule has 0 aliphatic heterocycles. The number of alkyl halides is 3. The zero-order valence-corrected chi connectivity index (χ0v) is 35.6. The first kappa shape index (κ1) is 42.7. The Bertz CT molecular complexity index is 1970. The van der Waals surface area contributed by atoms with Crippen molar-refractivity contribution in [3.63, 3.8) is 0 Å². The minimum absolute atomic E-state index is 0. The minimum atomic E-state index is -4.85. The van der Waals surface area contributed by atoms with Crippen LogP contribution in [0.25, 0.3) is 32.9 Å². The van der Waals surface area contributed by atoms with Crippen LogP contribution in [0.2, 0.25) is 0 Å². The Balaban J connectivity index is 0.000000386. The van der Waals surface area contributed by atoms with Gasteiger partial charge in [0.15, 0.2) is 5.78 Å². The van der Waals surface area contributed by atoms with Crippen molar-refractivity contribution >= 4 is 27.5 Å². The average molecular weight is 905 g/mol. The fraction of sp³-hybridized carbons (Fsp3) is 0.522. The van der Waals surface area contributed by atoms with Gasteiger partial charge in [-0.3, -0.25) is 9.78 Å². The summed E-state index contributed by atoms with van der Waals surface area (Å²) in [6, 6.07) is 22.0. The molecular formula is C46H57F3IrNO2-. The summed E-state index contributed by atoms with van der Waals surface area (Å²) in [6.45, 7) is 20.8. The number of benzene rings is 3. The van der Waals surface area contributed by atoms with E-state index in [1.54, 1.807) is 0 Å². The number of rotatable bonds is 3. The zero-order chi connectivity index (χ0) is 38.4. The molecule has 1 spiro atoms. The molecule has 7 heteroatoms. The number of aromatic nitrogens is 1. The number of allylic oxidation sites excluding steroid dienone is 2. The van der Waals surface area contributed by atoms with Crippen molar-refractivity contribution in [2.75, 3.05) is 0 Å². The molecule has 0 saturated heterocycles. The number of aliphatic hydroxyl groups is 1. The van der Waals surface area contributed by atoms with E-state index in [9.17, 15) is 18.0 Å². The molecule has 3 nitrogen and oxygen atoms in total. The summed E-state index contributed by atoms with van der Waals surface area (Å²) in [4.78, 5) is 16.3. The van der Waals surface area contributed by atoms with Crippen LogP contribution in [0.3, 0.4) is 0 Å². The molecule has 289 valence electrons. The summed E-state index contributed by atoms with van der Waals surface area (Å²) in [5.74, 6) is -2.01. The smallest absolute Gasteiger partial charge is 0.448 e. The normalized spacial score (nSPS) is 18.0. The average Bonchev–Trinajstić information content (AvgIpc) is 3.04. The first-order valence-electron chi connectivity index (χ1n) is 18.9. The predicted octanol–water partition coefficient (Wildman–Crippen LogP) is 13.6. The molecule has 1 heterocycles. The molecule has 4 aromatic rings. The van der Waals surface area contributed by atoms with Gasteiger partial charge in [-0.1, -0.05) is 96.7 Å². The quantitative estimate of drug-likeness (QED) is 0.127. The van der Waals surface area contributed by atoms with Gasteiger partial charge in [0.25, 0.3) is 0 Å². The van der Waals surface area contributed by atoms with E-state index in [1.165, 1.54) is 111 Å². The van der Waals surface area contributed by atoms with Gasteiger partial charge < -0.3 is 5.11 Å². The fourth-order valence-corrected chi connectivity index (χ4v) is 8.16. The van der Waals surface area contributed by atoms with E-state index in [-0.39, 0.29) is 31.6 Å². The van der Waals surface area contributed by atoms with Crippen LogP contribution in [-0.2, 0) is 30.3 Å². The number of hydrogen-bond acceptors (Lipinski definition) is 3. The molecule has 1 N–H and O–H groups in total. The van der Waals surface area contributed by atoms with Crippen molar-refractivity contribution < 1.29 is 43.2 Å². The van der Waals surface area contributed by atoms with Crippen molar-refractivity contribution in [3.05, 3.63) is 88.7 Å². The number of hydrogen-bond donors (Lipinski definition) is 1. The van der Waals surface area contributed by atoms with Gasteiger partial charge in [0, 0.05) is 42.7 Å². The summed E-state index contributed by atoms with van der Waals surface area (Å²) in [6.07, 6.45) is 6.38. The number of ketones is 1. The van der Waals surface area contributed by atoms with E-state index in [1.807, 2.05) is 0 Å². The third kappa shape index (κ3) is 10.00. The van der Waals surface area contributed by atoms with Gasteiger partial charge in [0.1, 0.15) is 0 Å². The van der Waals surface area contributed by atoms with Gasteiger partial charge in [-0.05, 0) is 110 Å². The molecule has 1 aromatic heterocycles. The third-order valence-electron chi connectivity index (χ3n) is 11.6. The standard InChI is InChI=1S/C38H46N.C8H11F3O2.Ir/c1-25-20-26(2)35-31(27-12-14-38(15-13-27)18-16-37(6,7)17-19-38)24-33(39-34(35)21-25)29-22-28-10-8-9-11-30(28)32(23-29)36(3,4)5;1-7(2,3)5(12)4-6(13)8(9,10)11;/h8-11,20-21,23-24,27H,12-19H2,1-7H3;4,13H,1-3H3;/q-1;;/b;6-4-;. The Kier molecular flexibility index (Phi) is 12.6. The number of halogens is 3. The SMILES string of the molecule is CC(C)(C)C(=O)/C=C(\O)C(F)(F)F.Cc1cc(C)c2c(C3CCC4(CC3)CCC(C)(C)CC4)cc(-c3[c-]c4ccccc4c(C(C)(C)C)c3)nc2c1.[Ir]. The Labute approximate surface area is 328 Å². The number of nitrogens with zero attached hydrogens (tertiary/aromatic N) is 1. The maximum Gasteiger partial charge on any atom is 0.448 e. The van der Waals surface area contributed by atoms with E-state index in [2.05, 4.69) is 103 Å². The van der Waals surface area contributed by atoms with Gasteiger partial charge in [-0.15, -0.1) is 29.1 Å². The van der Waals surface area contributed by atoms with Gasteiger partial charge in [0.2, 0.25) is 5.76 Å². The van der Waals surface area contributed by atoms with Crippen LogP contribution in [0.4, 0.5) is 13.2 Å². The molecule has 1 radical (unpaired) electrons. The maximum absolute atomic E-state index is 11.7. The van der Waals surface area contributed by atoms with Gasteiger partial charge in [0.05, 0.1) is 5.52 Å². The van der Waals surface area contributed by atoms with Gasteiger partial charge in [-0.25, -0.2) is 0 Å². The second-order valence-corrected chi connectivity index (χ2v) is 18.5. The summed E-state index contributed by atoms with van der Waals surface area (Å²) in [5.41, 5.74) is 9.18. The van der Waals surface area contributed by atoms with Crippen LogP contribution in [-0.4, -0.2) is 22.1 Å². The number of pyridine rings is 1. The Hall–Kier alpha value is -3.02. The molecule has 0 unspecified atom stereocenters. The molecule has 6 rings (SSSR count). The van der Waals surface area contributed by atoms with Crippen molar-refractivity contribution in [3.8, 4) is 11.3 Å². The fourth-order valence-electron chi connectivity index (χ4n) is 8.16. The van der Waals surface area contributed by atoms with Crippen LogP contribution in [0.5, 0.6) is 0 Å². The second-order valence-electron chi connectivity index (χ2n) is 18.5. The van der Waals surface area contributed by atoms with E-state index < -0.39 is 23.1 Å². The zero-order valence-electron chi connectivity index (χ0n) is 33.2. The second kappa shape index (κ2) is 15.6. The number of carbonyl (C=O) groups excluding carboxylic acids is 1. The van der Waals surface area contributed by atoms with Crippen molar-refractivity contribution in [1.29, 1.82) is 0 Å². The molecule has 2 aliphatic carbocycles. The third-order valence-corrected chi connectivity index (χ3v) is 11.6. The first-order valence-corrected chi connectivity index (χ1v) is 18.9. The van der Waals surface area contributed by atoms with Crippen molar-refractivity contribution in [2.24, 2.45) is 16.2 Å². The molecule has 2 aliphatic rings. The molecule has 0 bridgehead atoms. The van der Waals surface area contributed by atoms with Crippen LogP contribution in [0.1, 0.15) is 135 Å². The monoisotopic (exact) mass is 905 g/mol. The van der Waals surface area contributed by atoms with Gasteiger partial charge >= 0.3 is 6.18 Å². The Morgan fingerprint density at radius 3 is 2.06 bits per heavy atom. The number of aliphatic hydroxyl groups excluding tert-OH is 1. The van der Waals surface area contributed by atoms with E-state index >= 15 is 0 Å². The minimum Gasteiger partial charge on any atom is -0.504 e. The summed E-state index contributed by atoms with van der Waals surface area (Å²) in [7, 11) is 0. The molecular weight excluding hydrogens is 848 g/mol. The number of aryl methyl sites for hydroxylation is 2. The van der Waals surface area contributed by atoms with Crippen molar-refractivity contribution in [2.45, 2.75) is 138 Å². The first-order chi connectivity index (χ1) is 24.0. The summed E-state index contributed by atoms with van der Waals surface area (Å²) >= 11 is 0.